The van der Waals surface area contributed by atoms with E-state index >= 15 is 0 Å². The summed E-state index contributed by atoms with van der Waals surface area (Å²) < 4.78 is 11.5. The summed E-state index contributed by atoms with van der Waals surface area (Å²) in [5.41, 5.74) is 0.506. The van der Waals surface area contributed by atoms with Crippen molar-refractivity contribution in [3.63, 3.8) is 0 Å². The van der Waals surface area contributed by atoms with Crippen LogP contribution in [0, 0.1) is 0 Å². The van der Waals surface area contributed by atoms with Gasteiger partial charge in [0.2, 0.25) is 0 Å². The molecule has 3 atom stereocenters. The first kappa shape index (κ1) is 9.33. The summed E-state index contributed by atoms with van der Waals surface area (Å²) in [6.07, 6.45) is 1.61. The molecule has 1 aliphatic carbocycles. The molecule has 2 heterocycles. The third-order valence-corrected chi connectivity index (χ3v) is 4.28. The van der Waals surface area contributed by atoms with Crippen LogP contribution in [0.15, 0.2) is 24.3 Å². The van der Waals surface area contributed by atoms with Gasteiger partial charge >= 0.3 is 6.09 Å². The Morgan fingerprint density at radius 1 is 1.24 bits per heavy atom. The average molecular weight is 231 g/mol. The van der Waals surface area contributed by atoms with Crippen molar-refractivity contribution < 1.29 is 14.3 Å². The molecule has 1 saturated heterocycles. The minimum Gasteiger partial charge on any atom is -0.486 e. The Labute approximate surface area is 99.1 Å². The molecule has 0 bridgehead atoms. The van der Waals surface area contributed by atoms with Gasteiger partial charge in [0.15, 0.2) is 0 Å². The van der Waals surface area contributed by atoms with Gasteiger partial charge in [0, 0.05) is 0 Å². The smallest absolute Gasteiger partial charge is 0.415 e. The van der Waals surface area contributed by atoms with Crippen LogP contribution in [0.3, 0.4) is 0 Å². The van der Waals surface area contributed by atoms with Crippen molar-refractivity contribution in [2.24, 2.45) is 0 Å². The van der Waals surface area contributed by atoms with Gasteiger partial charge in [-0.1, -0.05) is 12.1 Å². The summed E-state index contributed by atoms with van der Waals surface area (Å²) in [6, 6.07) is 7.67. The molecule has 0 unspecified atom stereocenters. The first-order chi connectivity index (χ1) is 8.21. The average Bonchev–Trinajstić information content (AvgIpc) is 2.76. The molecule has 4 rings (SSSR count). The van der Waals surface area contributed by atoms with E-state index in [1.54, 1.807) is 4.90 Å². The van der Waals surface area contributed by atoms with E-state index in [9.17, 15) is 4.79 Å². The fourth-order valence-corrected chi connectivity index (χ4v) is 3.36. The molecule has 3 aliphatic rings. The predicted octanol–water partition coefficient (Wildman–Crippen LogP) is 2.33. The molecule has 4 heteroatoms. The van der Waals surface area contributed by atoms with E-state index in [-0.39, 0.29) is 23.8 Å². The number of rotatable bonds is 0. The number of carbonyl (C=O) groups excluding carboxylic acids is 1. The van der Waals surface area contributed by atoms with Gasteiger partial charge in [0.1, 0.15) is 23.5 Å². The van der Waals surface area contributed by atoms with Gasteiger partial charge in [0.05, 0.1) is 5.69 Å². The third-order valence-electron chi connectivity index (χ3n) is 4.28. The quantitative estimate of drug-likeness (QED) is 0.687. The second-order valence-electron chi connectivity index (χ2n) is 5.09. The number of hydrogen-bond donors (Lipinski definition) is 0. The second-order valence-corrected chi connectivity index (χ2v) is 5.09. The van der Waals surface area contributed by atoms with Gasteiger partial charge in [0.25, 0.3) is 0 Å². The fourth-order valence-electron chi connectivity index (χ4n) is 3.36. The SMILES string of the molecule is C[C@]12[C@@H]3CC[C@H]1Oc1ccccc1N2C(=O)O3. The Morgan fingerprint density at radius 3 is 2.76 bits per heavy atom. The molecule has 2 aliphatic heterocycles. The summed E-state index contributed by atoms with van der Waals surface area (Å²) >= 11 is 0. The molecule has 88 valence electrons. The van der Waals surface area contributed by atoms with Crippen molar-refractivity contribution in [3.05, 3.63) is 24.3 Å². The Bertz CT molecular complexity index is 515. The number of benzene rings is 1. The number of amides is 1. The zero-order chi connectivity index (χ0) is 11.6. The monoisotopic (exact) mass is 231 g/mol. The number of hydrogen-bond acceptors (Lipinski definition) is 3. The van der Waals surface area contributed by atoms with Crippen molar-refractivity contribution in [3.8, 4) is 5.75 Å². The van der Waals surface area contributed by atoms with Crippen LogP contribution in [0.25, 0.3) is 0 Å². The lowest BCUT2D eigenvalue weighted by molar-refractivity contribution is 0.0916. The maximum absolute atomic E-state index is 12.0. The van der Waals surface area contributed by atoms with Crippen molar-refractivity contribution in [2.45, 2.75) is 37.5 Å². The number of carbonyl (C=O) groups is 1. The molecule has 0 aromatic heterocycles. The van der Waals surface area contributed by atoms with Crippen LogP contribution in [-0.2, 0) is 4.74 Å². The van der Waals surface area contributed by atoms with Gasteiger partial charge in [-0.2, -0.15) is 0 Å². The molecule has 4 nitrogen and oxygen atoms in total. The largest absolute Gasteiger partial charge is 0.486 e. The minimum absolute atomic E-state index is 0.0339. The molecule has 1 aromatic rings. The highest BCUT2D eigenvalue weighted by Crippen LogP contribution is 2.52. The highest BCUT2D eigenvalue weighted by atomic mass is 16.6. The lowest BCUT2D eigenvalue weighted by Crippen LogP contribution is -2.57. The lowest BCUT2D eigenvalue weighted by atomic mass is 9.92. The Kier molecular flexibility index (Phi) is 1.51. The van der Waals surface area contributed by atoms with Crippen LogP contribution in [0.1, 0.15) is 19.8 Å². The maximum atomic E-state index is 12.0. The highest BCUT2D eigenvalue weighted by Gasteiger charge is 2.63. The summed E-state index contributed by atoms with van der Waals surface area (Å²) in [5.74, 6) is 0.787. The molecule has 1 aromatic carbocycles. The molecule has 1 amide bonds. The topological polar surface area (TPSA) is 38.8 Å². The summed E-state index contributed by atoms with van der Waals surface area (Å²) in [5, 5.41) is 0. The summed E-state index contributed by atoms with van der Waals surface area (Å²) in [7, 11) is 0. The molecule has 2 fully saturated rings. The maximum Gasteiger partial charge on any atom is 0.415 e. The van der Waals surface area contributed by atoms with Gasteiger partial charge < -0.3 is 9.47 Å². The number of ether oxygens (including phenoxy) is 2. The Morgan fingerprint density at radius 2 is 1.94 bits per heavy atom. The van der Waals surface area contributed by atoms with Gasteiger partial charge in [-0.25, -0.2) is 4.79 Å². The molecular formula is C13H13NO3. The van der Waals surface area contributed by atoms with Gasteiger partial charge in [-0.05, 0) is 31.9 Å². The second kappa shape index (κ2) is 2.75. The molecule has 0 N–H and O–H groups in total. The van der Waals surface area contributed by atoms with Crippen LogP contribution in [0.5, 0.6) is 5.75 Å². The molecular weight excluding hydrogens is 218 g/mol. The van der Waals surface area contributed by atoms with E-state index in [1.165, 1.54) is 0 Å². The zero-order valence-corrected chi connectivity index (χ0v) is 9.55. The predicted molar refractivity (Wildman–Crippen MR) is 61.2 cm³/mol. The molecule has 0 spiro atoms. The van der Waals surface area contributed by atoms with E-state index in [2.05, 4.69) is 6.92 Å². The van der Waals surface area contributed by atoms with E-state index < -0.39 is 0 Å². The van der Waals surface area contributed by atoms with Gasteiger partial charge in [-0.15, -0.1) is 0 Å². The highest BCUT2D eigenvalue weighted by molar-refractivity contribution is 5.95. The zero-order valence-electron chi connectivity index (χ0n) is 9.55. The van der Waals surface area contributed by atoms with E-state index in [0.717, 1.165) is 24.3 Å². The number of anilines is 1. The summed E-state index contributed by atoms with van der Waals surface area (Å²) in [4.78, 5) is 13.8. The molecule has 1 saturated carbocycles. The standard InChI is InChI=1S/C13H13NO3/c1-13-10-6-7-11(13)17-12(15)14(13)8-4-2-3-5-9(8)16-10/h2-5,10-11H,6-7H2,1H3/t10-,11+,13-/m1/s1. The minimum atomic E-state index is -0.328. The van der Waals surface area contributed by atoms with E-state index in [0.29, 0.717) is 0 Å². The van der Waals surface area contributed by atoms with Crippen LogP contribution in [0.4, 0.5) is 10.5 Å². The number of nitrogens with zero attached hydrogens (tertiary/aromatic N) is 1. The van der Waals surface area contributed by atoms with E-state index in [4.69, 9.17) is 9.47 Å². The first-order valence-corrected chi connectivity index (χ1v) is 5.98. The lowest BCUT2D eigenvalue weighted by Gasteiger charge is -2.41. The normalized spacial score (nSPS) is 37.2. The van der Waals surface area contributed by atoms with Crippen molar-refractivity contribution in [1.82, 2.24) is 0 Å². The van der Waals surface area contributed by atoms with Crippen molar-refractivity contribution in [1.29, 1.82) is 0 Å². The van der Waals surface area contributed by atoms with Crippen LogP contribution >= 0.6 is 0 Å². The molecule has 17 heavy (non-hydrogen) atoms. The van der Waals surface area contributed by atoms with E-state index in [1.807, 2.05) is 24.3 Å². The number of fused-ring (bicyclic) bond motifs is 2. The van der Waals surface area contributed by atoms with Crippen molar-refractivity contribution >= 4 is 11.8 Å². The summed E-state index contributed by atoms with van der Waals surface area (Å²) in [6.45, 7) is 2.07. The van der Waals surface area contributed by atoms with Gasteiger partial charge in [-0.3, -0.25) is 4.90 Å². The number of para-hydroxylation sites is 2. The van der Waals surface area contributed by atoms with Crippen LogP contribution in [0.2, 0.25) is 0 Å². The first-order valence-electron chi connectivity index (χ1n) is 5.98. The van der Waals surface area contributed by atoms with Crippen molar-refractivity contribution in [2.75, 3.05) is 4.90 Å². The fraction of sp³-hybridized carbons (Fsp3) is 0.462. The van der Waals surface area contributed by atoms with Crippen LogP contribution in [-0.4, -0.2) is 23.8 Å². The Hall–Kier alpha value is -1.71. The third kappa shape index (κ3) is 0.926. The molecule has 0 radical (unpaired) electrons. The van der Waals surface area contributed by atoms with Crippen LogP contribution < -0.4 is 9.64 Å². The Balaban J connectivity index is 1.96.